The van der Waals surface area contributed by atoms with Gasteiger partial charge in [0, 0.05) is 24.6 Å². The molecule has 0 N–H and O–H groups in total. The Hall–Kier alpha value is -3.09. The van der Waals surface area contributed by atoms with E-state index in [0.29, 0.717) is 24.5 Å². The molecule has 1 aromatic carbocycles. The first-order valence-corrected chi connectivity index (χ1v) is 8.88. The largest absolute Gasteiger partial charge is 0.493 e. The second kappa shape index (κ2) is 13.1. The summed E-state index contributed by atoms with van der Waals surface area (Å²) in [6.07, 6.45) is 8.25. The predicted molar refractivity (Wildman–Crippen MR) is 105 cm³/mol. The van der Waals surface area contributed by atoms with Gasteiger partial charge >= 0.3 is 17.9 Å². The van der Waals surface area contributed by atoms with E-state index in [9.17, 15) is 14.4 Å². The Kier molecular flexibility index (Phi) is 10.8. The number of carbonyl (C=O) groups excluding carboxylic acids is 3. The molecule has 0 amide bonds. The fourth-order valence-electron chi connectivity index (χ4n) is 2.17. The summed E-state index contributed by atoms with van der Waals surface area (Å²) in [4.78, 5) is 33.3. The van der Waals surface area contributed by atoms with Gasteiger partial charge < -0.3 is 18.9 Å². The summed E-state index contributed by atoms with van der Waals surface area (Å²) in [6, 6.07) is 5.35. The third-order valence-corrected chi connectivity index (χ3v) is 3.60. The summed E-state index contributed by atoms with van der Waals surface area (Å²) in [7, 11) is 2.61. The molecule has 0 unspecified atom stereocenters. The van der Waals surface area contributed by atoms with E-state index >= 15 is 0 Å². The number of methoxy groups -OCH3 is 2. The smallest absolute Gasteiger partial charge is 0.330 e. The number of hydrogen-bond donors (Lipinski definition) is 0. The van der Waals surface area contributed by atoms with Gasteiger partial charge in [-0.1, -0.05) is 6.07 Å². The van der Waals surface area contributed by atoms with Gasteiger partial charge in [-0.2, -0.15) is 0 Å². The van der Waals surface area contributed by atoms with Crippen LogP contribution in [-0.4, -0.2) is 45.3 Å². The van der Waals surface area contributed by atoms with Crippen LogP contribution < -0.4 is 4.74 Å². The Bertz CT molecular complexity index is 719. The van der Waals surface area contributed by atoms with Crippen molar-refractivity contribution in [1.82, 2.24) is 0 Å². The summed E-state index contributed by atoms with van der Waals surface area (Å²) in [6.45, 7) is 2.27. The van der Waals surface area contributed by atoms with E-state index in [2.05, 4.69) is 9.47 Å². The van der Waals surface area contributed by atoms with Crippen LogP contribution in [0.25, 0.3) is 12.2 Å². The second-order valence-electron chi connectivity index (χ2n) is 5.76. The minimum atomic E-state index is -0.480. The summed E-state index contributed by atoms with van der Waals surface area (Å²) < 4.78 is 19.9. The first-order valence-electron chi connectivity index (χ1n) is 8.88. The standard InChI is InChI=1S/C21H26O7/c1-16(22)27-13-5-4-6-14-28-19-10-7-17(8-11-20(23)25-2)15-18(19)9-12-21(24)26-3/h7-12,15H,4-6,13-14H2,1-3H3. The topological polar surface area (TPSA) is 88.1 Å². The molecular formula is C21H26O7. The number of esters is 3. The van der Waals surface area contributed by atoms with Crippen LogP contribution in [0.5, 0.6) is 5.75 Å². The number of hydrogen-bond acceptors (Lipinski definition) is 7. The zero-order chi connectivity index (χ0) is 20.8. The molecule has 0 atom stereocenters. The van der Waals surface area contributed by atoms with E-state index in [1.807, 2.05) is 0 Å². The lowest BCUT2D eigenvalue weighted by atomic mass is 10.1. The van der Waals surface area contributed by atoms with Crippen LogP contribution in [-0.2, 0) is 28.6 Å². The van der Waals surface area contributed by atoms with Crippen LogP contribution in [0.3, 0.4) is 0 Å². The predicted octanol–water partition coefficient (Wildman–Crippen LogP) is 3.17. The molecule has 0 fully saturated rings. The molecule has 28 heavy (non-hydrogen) atoms. The highest BCUT2D eigenvalue weighted by molar-refractivity contribution is 5.89. The van der Waals surface area contributed by atoms with Crippen LogP contribution >= 0.6 is 0 Å². The highest BCUT2D eigenvalue weighted by Gasteiger charge is 2.04. The van der Waals surface area contributed by atoms with E-state index in [1.54, 1.807) is 30.4 Å². The molecule has 0 aromatic heterocycles. The Morgan fingerprint density at radius 2 is 1.54 bits per heavy atom. The number of unbranched alkanes of at least 4 members (excludes halogenated alkanes) is 2. The number of rotatable bonds is 11. The van der Waals surface area contributed by atoms with Crippen LogP contribution in [0.2, 0.25) is 0 Å². The molecule has 0 aliphatic heterocycles. The monoisotopic (exact) mass is 390 g/mol. The number of carbonyl (C=O) groups is 3. The molecule has 0 aliphatic rings. The third-order valence-electron chi connectivity index (χ3n) is 3.60. The van der Waals surface area contributed by atoms with E-state index in [4.69, 9.17) is 9.47 Å². The molecule has 1 rings (SSSR count). The van der Waals surface area contributed by atoms with Crippen molar-refractivity contribution in [1.29, 1.82) is 0 Å². The van der Waals surface area contributed by atoms with Crippen molar-refractivity contribution in [2.75, 3.05) is 27.4 Å². The third kappa shape index (κ3) is 9.56. The molecule has 0 radical (unpaired) electrons. The SMILES string of the molecule is COC(=O)C=Cc1ccc(OCCCCCOC(C)=O)c(C=CC(=O)OC)c1. The summed E-state index contributed by atoms with van der Waals surface area (Å²) in [5, 5.41) is 0. The Morgan fingerprint density at radius 1 is 0.893 bits per heavy atom. The zero-order valence-electron chi connectivity index (χ0n) is 16.4. The molecule has 0 saturated carbocycles. The molecule has 7 heteroatoms. The fourth-order valence-corrected chi connectivity index (χ4v) is 2.17. The van der Waals surface area contributed by atoms with Crippen LogP contribution in [0.4, 0.5) is 0 Å². The molecule has 0 bridgehead atoms. The fraction of sp³-hybridized carbons (Fsp3) is 0.381. The van der Waals surface area contributed by atoms with Crippen molar-refractivity contribution in [3.8, 4) is 5.75 Å². The van der Waals surface area contributed by atoms with Gasteiger partial charge in [0.05, 0.1) is 27.4 Å². The molecule has 0 aliphatic carbocycles. The van der Waals surface area contributed by atoms with Crippen LogP contribution in [0.15, 0.2) is 30.4 Å². The van der Waals surface area contributed by atoms with Crippen molar-refractivity contribution >= 4 is 30.1 Å². The van der Waals surface area contributed by atoms with Gasteiger partial charge in [0.15, 0.2) is 0 Å². The van der Waals surface area contributed by atoms with Crippen molar-refractivity contribution in [2.24, 2.45) is 0 Å². The summed E-state index contributed by atoms with van der Waals surface area (Å²) in [5.74, 6) is -0.609. The summed E-state index contributed by atoms with van der Waals surface area (Å²) >= 11 is 0. The lowest BCUT2D eigenvalue weighted by molar-refractivity contribution is -0.141. The average molecular weight is 390 g/mol. The molecule has 0 spiro atoms. The second-order valence-corrected chi connectivity index (χ2v) is 5.76. The number of ether oxygens (including phenoxy) is 4. The van der Waals surface area contributed by atoms with Gasteiger partial charge in [-0.05, 0) is 49.1 Å². The van der Waals surface area contributed by atoms with Gasteiger partial charge in [-0.15, -0.1) is 0 Å². The van der Waals surface area contributed by atoms with Crippen molar-refractivity contribution in [2.45, 2.75) is 26.2 Å². The Balaban J connectivity index is 2.72. The van der Waals surface area contributed by atoms with E-state index in [-0.39, 0.29) is 5.97 Å². The molecular weight excluding hydrogens is 364 g/mol. The van der Waals surface area contributed by atoms with Gasteiger partial charge in [0.25, 0.3) is 0 Å². The maximum Gasteiger partial charge on any atom is 0.330 e. The van der Waals surface area contributed by atoms with Gasteiger partial charge in [-0.3, -0.25) is 4.79 Å². The summed E-state index contributed by atoms with van der Waals surface area (Å²) in [5.41, 5.74) is 1.43. The van der Waals surface area contributed by atoms with E-state index in [0.717, 1.165) is 24.8 Å². The number of benzene rings is 1. The van der Waals surface area contributed by atoms with Gasteiger partial charge in [-0.25, -0.2) is 9.59 Å². The first kappa shape index (κ1) is 23.0. The molecule has 1 aromatic rings. The zero-order valence-corrected chi connectivity index (χ0v) is 16.4. The van der Waals surface area contributed by atoms with Crippen LogP contribution in [0.1, 0.15) is 37.3 Å². The lowest BCUT2D eigenvalue weighted by Crippen LogP contribution is -2.03. The molecule has 152 valence electrons. The molecule has 7 nitrogen and oxygen atoms in total. The minimum absolute atomic E-state index is 0.278. The van der Waals surface area contributed by atoms with Crippen LogP contribution in [0, 0.1) is 0 Å². The maximum atomic E-state index is 11.4. The lowest BCUT2D eigenvalue weighted by Gasteiger charge is -2.10. The Morgan fingerprint density at radius 3 is 2.18 bits per heavy atom. The van der Waals surface area contributed by atoms with E-state index in [1.165, 1.54) is 33.3 Å². The van der Waals surface area contributed by atoms with Gasteiger partial charge in [0.1, 0.15) is 5.75 Å². The van der Waals surface area contributed by atoms with Crippen molar-refractivity contribution in [3.05, 3.63) is 41.5 Å². The maximum absolute atomic E-state index is 11.4. The molecule has 0 heterocycles. The normalized spacial score (nSPS) is 10.8. The van der Waals surface area contributed by atoms with Crippen molar-refractivity contribution in [3.63, 3.8) is 0 Å². The van der Waals surface area contributed by atoms with E-state index < -0.39 is 11.9 Å². The highest BCUT2D eigenvalue weighted by Crippen LogP contribution is 2.23. The quantitative estimate of drug-likeness (QED) is 0.248. The van der Waals surface area contributed by atoms with Crippen molar-refractivity contribution < 1.29 is 33.3 Å². The highest BCUT2D eigenvalue weighted by atomic mass is 16.5. The first-order chi connectivity index (χ1) is 13.5. The minimum Gasteiger partial charge on any atom is -0.493 e. The average Bonchev–Trinajstić information content (AvgIpc) is 2.69. The van der Waals surface area contributed by atoms with Gasteiger partial charge in [0.2, 0.25) is 0 Å². The Labute approximate surface area is 164 Å². The molecule has 0 saturated heterocycles.